The number of hydrogen-bond donors (Lipinski definition) is 1. The molecule has 142 valence electrons. The maximum atomic E-state index is 5.82. The van der Waals surface area contributed by atoms with E-state index in [1.165, 1.54) is 44.1 Å². The molecule has 0 spiro atoms. The summed E-state index contributed by atoms with van der Waals surface area (Å²) in [7, 11) is 0. The van der Waals surface area contributed by atoms with Crippen LogP contribution in [0.5, 0.6) is 5.75 Å². The average molecular weight is 357 g/mol. The Morgan fingerprint density at radius 3 is 2.50 bits per heavy atom. The molecule has 0 amide bonds. The van der Waals surface area contributed by atoms with Crippen LogP contribution in [0, 0.1) is 5.92 Å². The Hall–Kier alpha value is -1.74. The van der Waals surface area contributed by atoms with Crippen LogP contribution in [0.2, 0.25) is 0 Å². The van der Waals surface area contributed by atoms with E-state index in [0.29, 0.717) is 5.92 Å². The lowest BCUT2D eigenvalue weighted by Crippen LogP contribution is -2.82. The Bertz CT molecular complexity index is 612. The van der Waals surface area contributed by atoms with E-state index in [-0.39, 0.29) is 6.10 Å². The van der Waals surface area contributed by atoms with Crippen molar-refractivity contribution in [1.82, 2.24) is 0 Å². The van der Waals surface area contributed by atoms with Gasteiger partial charge in [-0.15, -0.1) is 0 Å². The van der Waals surface area contributed by atoms with Gasteiger partial charge >= 0.3 is 0 Å². The van der Waals surface area contributed by atoms with Crippen LogP contribution in [-0.4, -0.2) is 12.6 Å². The molecule has 0 bridgehead atoms. The second kappa shape index (κ2) is 9.82. The number of hydrogen-bond acceptors (Lipinski definition) is 2. The van der Waals surface area contributed by atoms with Crippen LogP contribution in [-0.2, 0) is 6.54 Å². The highest BCUT2D eigenvalue weighted by molar-refractivity contribution is 5.30. The van der Waals surface area contributed by atoms with Crippen molar-refractivity contribution in [1.29, 1.82) is 0 Å². The minimum absolute atomic E-state index is 0.228. The molecule has 1 aromatic carbocycles. The molecule has 1 heterocycles. The molecule has 0 saturated heterocycles. The van der Waals surface area contributed by atoms with Gasteiger partial charge in [-0.05, 0) is 68.4 Å². The van der Waals surface area contributed by atoms with Crippen molar-refractivity contribution in [3.8, 4) is 5.75 Å². The number of ether oxygens (including phenoxy) is 1. The second-order valence-corrected chi connectivity index (χ2v) is 7.89. The molecule has 1 aliphatic rings. The monoisotopic (exact) mass is 356 g/mol. The van der Waals surface area contributed by atoms with E-state index in [2.05, 4.69) is 49.5 Å². The van der Waals surface area contributed by atoms with Crippen LogP contribution in [0.1, 0.15) is 69.6 Å². The van der Waals surface area contributed by atoms with Crippen LogP contribution in [0.15, 0.2) is 47.1 Å². The minimum atomic E-state index is 0.228. The highest BCUT2D eigenvalue weighted by Crippen LogP contribution is 2.38. The number of furan rings is 1. The first-order chi connectivity index (χ1) is 12.7. The largest absolute Gasteiger partial charge is 0.491 e. The summed E-state index contributed by atoms with van der Waals surface area (Å²) < 4.78 is 11.3. The second-order valence-electron chi connectivity index (χ2n) is 7.89. The van der Waals surface area contributed by atoms with Crippen LogP contribution in [0.25, 0.3) is 0 Å². The van der Waals surface area contributed by atoms with Crippen molar-refractivity contribution in [3.63, 3.8) is 0 Å². The van der Waals surface area contributed by atoms with E-state index >= 15 is 0 Å². The highest BCUT2D eigenvalue weighted by Gasteiger charge is 2.25. The van der Waals surface area contributed by atoms with E-state index in [1.807, 2.05) is 6.07 Å². The molecule has 1 fully saturated rings. The first-order valence-electron chi connectivity index (χ1n) is 10.3. The lowest BCUT2D eigenvalue weighted by molar-refractivity contribution is -0.673. The summed E-state index contributed by atoms with van der Waals surface area (Å²) in [6.07, 6.45) is 10.2. The molecule has 1 saturated carbocycles. The molecule has 1 aliphatic carbocycles. The molecule has 0 radical (unpaired) electrons. The zero-order chi connectivity index (χ0) is 18.2. The molecule has 2 N–H and O–H groups in total. The van der Waals surface area contributed by atoms with E-state index in [0.717, 1.165) is 30.5 Å². The maximum absolute atomic E-state index is 5.82. The van der Waals surface area contributed by atoms with Gasteiger partial charge < -0.3 is 14.5 Å². The normalized spacial score (nSPS) is 16.7. The van der Waals surface area contributed by atoms with E-state index in [1.54, 1.807) is 6.26 Å². The third kappa shape index (κ3) is 5.63. The fourth-order valence-electron chi connectivity index (χ4n) is 4.25. The molecule has 2 aromatic rings. The maximum Gasteiger partial charge on any atom is 0.157 e. The predicted octanol–water partition coefficient (Wildman–Crippen LogP) is 4.88. The van der Waals surface area contributed by atoms with Crippen molar-refractivity contribution >= 4 is 0 Å². The van der Waals surface area contributed by atoms with Crippen molar-refractivity contribution in [2.75, 3.05) is 6.54 Å². The van der Waals surface area contributed by atoms with Gasteiger partial charge in [0.2, 0.25) is 0 Å². The fourth-order valence-corrected chi connectivity index (χ4v) is 4.25. The fraction of sp³-hybridized carbons (Fsp3) is 0.565. The first kappa shape index (κ1) is 19.0. The van der Waals surface area contributed by atoms with Crippen LogP contribution >= 0.6 is 0 Å². The third-order valence-electron chi connectivity index (χ3n) is 5.51. The van der Waals surface area contributed by atoms with E-state index < -0.39 is 0 Å². The van der Waals surface area contributed by atoms with E-state index in [9.17, 15) is 0 Å². The van der Waals surface area contributed by atoms with Gasteiger partial charge in [0.25, 0.3) is 0 Å². The molecule has 1 aromatic heterocycles. The molecular formula is C23H34NO2+. The molecule has 26 heavy (non-hydrogen) atoms. The number of nitrogens with two attached hydrogens (primary N) is 1. The highest BCUT2D eigenvalue weighted by atomic mass is 16.5. The Morgan fingerprint density at radius 2 is 1.85 bits per heavy atom. The molecule has 0 unspecified atom stereocenters. The molecule has 3 rings (SSSR count). The summed E-state index contributed by atoms with van der Waals surface area (Å²) >= 11 is 0. The molecule has 0 aliphatic heterocycles. The summed E-state index contributed by atoms with van der Waals surface area (Å²) in [6, 6.07) is 12.9. The van der Waals surface area contributed by atoms with E-state index in [4.69, 9.17) is 9.15 Å². The zero-order valence-corrected chi connectivity index (χ0v) is 16.3. The van der Waals surface area contributed by atoms with Crippen molar-refractivity contribution in [2.45, 2.75) is 70.9 Å². The Morgan fingerprint density at radius 1 is 1.08 bits per heavy atom. The van der Waals surface area contributed by atoms with Gasteiger partial charge in [-0.3, -0.25) is 0 Å². The molecule has 1 atom stereocenters. The van der Waals surface area contributed by atoms with Crippen molar-refractivity contribution < 1.29 is 14.5 Å². The number of rotatable bonds is 9. The predicted molar refractivity (Wildman–Crippen MR) is 105 cm³/mol. The smallest absolute Gasteiger partial charge is 0.157 e. The first-order valence-corrected chi connectivity index (χ1v) is 10.3. The van der Waals surface area contributed by atoms with Gasteiger partial charge in [-0.2, -0.15) is 0 Å². The zero-order valence-electron chi connectivity index (χ0n) is 16.3. The number of benzene rings is 1. The summed E-state index contributed by atoms with van der Waals surface area (Å²) in [6.45, 7) is 6.23. The third-order valence-corrected chi connectivity index (χ3v) is 5.51. The van der Waals surface area contributed by atoms with Crippen molar-refractivity contribution in [3.05, 3.63) is 54.0 Å². The standard InChI is InChI=1S/C23H33NO2/c1-18(2)26-21-12-10-20(11-13-21)23(19-7-4-3-5-8-19)14-15-24-17-22-9-6-16-25-22/h6,9-13,16,18-19,23-24H,3-5,7-8,14-15,17H2,1-2H3/p+1/t23-/m1/s1. The van der Waals surface area contributed by atoms with Gasteiger partial charge in [0.1, 0.15) is 12.3 Å². The minimum Gasteiger partial charge on any atom is -0.491 e. The lowest BCUT2D eigenvalue weighted by Gasteiger charge is -2.30. The van der Waals surface area contributed by atoms with Gasteiger partial charge in [-0.25, -0.2) is 0 Å². The Balaban J connectivity index is 1.60. The lowest BCUT2D eigenvalue weighted by atomic mass is 9.75. The summed E-state index contributed by atoms with van der Waals surface area (Å²) in [5.74, 6) is 3.54. The Labute approximate surface area is 158 Å². The van der Waals surface area contributed by atoms with Crippen LogP contribution in [0.3, 0.4) is 0 Å². The summed E-state index contributed by atoms with van der Waals surface area (Å²) in [4.78, 5) is 0. The molecule has 3 heteroatoms. The van der Waals surface area contributed by atoms with Gasteiger partial charge in [0.15, 0.2) is 5.76 Å². The van der Waals surface area contributed by atoms with Crippen LogP contribution in [0.4, 0.5) is 0 Å². The van der Waals surface area contributed by atoms with Crippen LogP contribution < -0.4 is 10.1 Å². The summed E-state index contributed by atoms with van der Waals surface area (Å²) in [5, 5.41) is 2.38. The quantitative estimate of drug-likeness (QED) is 0.650. The Kier molecular flexibility index (Phi) is 7.19. The average Bonchev–Trinajstić information content (AvgIpc) is 3.16. The molecular weight excluding hydrogens is 322 g/mol. The number of quaternary nitrogens is 1. The topological polar surface area (TPSA) is 39.0 Å². The van der Waals surface area contributed by atoms with Gasteiger partial charge in [0, 0.05) is 6.42 Å². The summed E-state index contributed by atoms with van der Waals surface area (Å²) in [5.41, 5.74) is 1.49. The SMILES string of the molecule is CC(C)Oc1ccc([C@H](CC[NH2+]Cc2ccco2)C2CCCCC2)cc1. The van der Waals surface area contributed by atoms with Crippen molar-refractivity contribution in [2.24, 2.45) is 5.92 Å². The van der Waals surface area contributed by atoms with Gasteiger partial charge in [-0.1, -0.05) is 31.4 Å². The molecule has 3 nitrogen and oxygen atoms in total. The van der Waals surface area contributed by atoms with Gasteiger partial charge in [0.05, 0.1) is 18.9 Å².